The molecule has 1 saturated heterocycles. The fourth-order valence-electron chi connectivity index (χ4n) is 3.64. The third kappa shape index (κ3) is 5.20. The zero-order valence-corrected chi connectivity index (χ0v) is 17.7. The summed E-state index contributed by atoms with van der Waals surface area (Å²) in [5.41, 5.74) is 0.0393. The Kier molecular flexibility index (Phi) is 8.05. The van der Waals surface area contributed by atoms with Crippen LogP contribution in [0.4, 0.5) is 8.78 Å². The highest BCUT2D eigenvalue weighted by Gasteiger charge is 2.53. The van der Waals surface area contributed by atoms with Gasteiger partial charge in [-0.05, 0) is 41.3 Å². The molecule has 3 rings (SSSR count). The summed E-state index contributed by atoms with van der Waals surface area (Å²) in [7, 11) is 0. The first-order valence-corrected chi connectivity index (χ1v) is 10.3. The Morgan fingerprint density at radius 2 is 1.66 bits per heavy atom. The van der Waals surface area contributed by atoms with Crippen LogP contribution in [0.2, 0.25) is 5.02 Å². The first-order valence-electron chi connectivity index (χ1n) is 9.92. The molecule has 0 saturated carbocycles. The average Bonchev–Trinajstić information content (AvgIpc) is 2.79. The molecule has 10 heteroatoms. The third-order valence-electron chi connectivity index (χ3n) is 5.51. The molecule has 1 aliphatic rings. The van der Waals surface area contributed by atoms with Crippen molar-refractivity contribution >= 4 is 11.6 Å². The van der Waals surface area contributed by atoms with Gasteiger partial charge in [0.15, 0.2) is 0 Å². The van der Waals surface area contributed by atoms with Gasteiger partial charge in [-0.3, -0.25) is 0 Å². The largest absolute Gasteiger partial charge is 0.488 e. The van der Waals surface area contributed by atoms with Gasteiger partial charge in [-0.15, -0.1) is 0 Å². The second-order valence-electron chi connectivity index (χ2n) is 7.72. The van der Waals surface area contributed by atoms with Crippen LogP contribution in [0.15, 0.2) is 42.5 Å². The van der Waals surface area contributed by atoms with Crippen LogP contribution in [-0.2, 0) is 11.2 Å². The lowest BCUT2D eigenvalue weighted by molar-refractivity contribution is -0.289. The van der Waals surface area contributed by atoms with Gasteiger partial charge in [-0.2, -0.15) is 0 Å². The highest BCUT2D eigenvalue weighted by molar-refractivity contribution is 6.31. The zero-order valence-electron chi connectivity index (χ0n) is 16.9. The summed E-state index contributed by atoms with van der Waals surface area (Å²) >= 11 is 6.32. The number of rotatable bonds is 8. The van der Waals surface area contributed by atoms with Crippen LogP contribution in [0.1, 0.15) is 22.8 Å². The second kappa shape index (κ2) is 10.4. The van der Waals surface area contributed by atoms with Crippen LogP contribution in [0.5, 0.6) is 5.75 Å². The van der Waals surface area contributed by atoms with E-state index in [2.05, 4.69) is 0 Å². The predicted molar refractivity (Wildman–Crippen MR) is 111 cm³/mol. The molecule has 0 aliphatic carbocycles. The number of benzene rings is 2. The third-order valence-corrected chi connectivity index (χ3v) is 5.88. The molecule has 0 bridgehead atoms. The van der Waals surface area contributed by atoms with Gasteiger partial charge in [0.05, 0.1) is 13.2 Å². The van der Waals surface area contributed by atoms with Gasteiger partial charge in [-0.1, -0.05) is 35.9 Å². The van der Waals surface area contributed by atoms with E-state index in [1.165, 1.54) is 0 Å². The van der Waals surface area contributed by atoms with E-state index < -0.39 is 56.3 Å². The first kappa shape index (κ1) is 24.8. The lowest BCUT2D eigenvalue weighted by Gasteiger charge is -2.47. The molecule has 4 atom stereocenters. The molecular formula is C22H25ClF2O7. The van der Waals surface area contributed by atoms with Gasteiger partial charge in [0, 0.05) is 5.02 Å². The summed E-state index contributed by atoms with van der Waals surface area (Å²) < 4.78 is 35.2. The molecule has 5 N–H and O–H groups in total. The Balaban J connectivity index is 1.82. The maximum atomic E-state index is 12.3. The molecule has 1 heterocycles. The van der Waals surface area contributed by atoms with E-state index in [9.17, 15) is 34.3 Å². The quantitative estimate of drug-likeness (QED) is 0.393. The van der Waals surface area contributed by atoms with Crippen LogP contribution in [0.25, 0.3) is 0 Å². The maximum absolute atomic E-state index is 12.3. The maximum Gasteiger partial charge on any atom is 0.272 e. The SMILES string of the molecule is OCC1(CO)O[C@@H](c2ccc(Cl)c(Cc3ccc(OCC(F)F)cc3)c2)[C@H](O)[C@@H](O)[C@@H]1O. The van der Waals surface area contributed by atoms with Crippen LogP contribution >= 0.6 is 11.6 Å². The molecule has 176 valence electrons. The fraction of sp³-hybridized carbons (Fsp3) is 0.455. The van der Waals surface area contributed by atoms with E-state index in [-0.39, 0.29) is 0 Å². The van der Waals surface area contributed by atoms with E-state index in [1.54, 1.807) is 42.5 Å². The van der Waals surface area contributed by atoms with Gasteiger partial charge in [0.2, 0.25) is 0 Å². The second-order valence-corrected chi connectivity index (χ2v) is 8.13. The van der Waals surface area contributed by atoms with Crippen LogP contribution in [-0.4, -0.2) is 75.7 Å². The minimum absolute atomic E-state index is 0.310. The molecule has 1 fully saturated rings. The lowest BCUT2D eigenvalue weighted by Crippen LogP contribution is -2.65. The van der Waals surface area contributed by atoms with E-state index in [4.69, 9.17) is 21.1 Å². The van der Waals surface area contributed by atoms with Crippen molar-refractivity contribution < 1.29 is 43.8 Å². The van der Waals surface area contributed by atoms with Crippen molar-refractivity contribution in [2.75, 3.05) is 19.8 Å². The average molecular weight is 475 g/mol. The first-order chi connectivity index (χ1) is 15.2. The number of aliphatic hydroxyl groups excluding tert-OH is 5. The number of aliphatic hydroxyl groups is 5. The van der Waals surface area contributed by atoms with E-state index in [0.29, 0.717) is 28.3 Å². The van der Waals surface area contributed by atoms with Crippen LogP contribution in [0.3, 0.4) is 0 Å². The summed E-state index contributed by atoms with van der Waals surface area (Å²) in [5, 5.41) is 50.6. The van der Waals surface area contributed by atoms with Crippen molar-refractivity contribution in [3.05, 3.63) is 64.2 Å². The Hall–Kier alpha value is -1.85. The van der Waals surface area contributed by atoms with Crippen LogP contribution in [0, 0.1) is 0 Å². The van der Waals surface area contributed by atoms with Gasteiger partial charge < -0.3 is 35.0 Å². The van der Waals surface area contributed by atoms with E-state index in [0.717, 1.165) is 5.56 Å². The Labute approximate surface area is 188 Å². The number of ether oxygens (including phenoxy) is 2. The molecule has 7 nitrogen and oxygen atoms in total. The summed E-state index contributed by atoms with van der Waals surface area (Å²) in [4.78, 5) is 0. The topological polar surface area (TPSA) is 120 Å². The molecule has 0 unspecified atom stereocenters. The summed E-state index contributed by atoms with van der Waals surface area (Å²) in [6.45, 7) is -2.24. The van der Waals surface area contributed by atoms with E-state index >= 15 is 0 Å². The number of hydrogen-bond acceptors (Lipinski definition) is 7. The monoisotopic (exact) mass is 474 g/mol. The molecule has 2 aromatic carbocycles. The van der Waals surface area contributed by atoms with Gasteiger partial charge in [-0.25, -0.2) is 8.78 Å². The van der Waals surface area contributed by atoms with Crippen molar-refractivity contribution in [3.8, 4) is 5.75 Å². The standard InChI is InChI=1S/C22H25ClF2O7/c23-16-6-3-13(20-18(28)19(29)21(30)22(10-26,11-27)32-20)8-14(16)7-12-1-4-15(5-2-12)31-9-17(24)25/h1-6,8,17-21,26-30H,7,9-11H2/t18-,19-,20+,21+/m1/s1. The van der Waals surface area contributed by atoms with E-state index in [1.807, 2.05) is 0 Å². The molecule has 0 aromatic heterocycles. The normalized spacial score (nSPS) is 25.2. The number of hydrogen-bond donors (Lipinski definition) is 5. The number of halogens is 3. The fourth-order valence-corrected chi connectivity index (χ4v) is 3.82. The smallest absolute Gasteiger partial charge is 0.272 e. The summed E-state index contributed by atoms with van der Waals surface area (Å²) in [6.07, 6.45) is -8.22. The Bertz CT molecular complexity index is 892. The molecule has 2 aromatic rings. The van der Waals surface area contributed by atoms with Crippen molar-refractivity contribution in [2.24, 2.45) is 0 Å². The molecule has 0 amide bonds. The van der Waals surface area contributed by atoms with Crippen molar-refractivity contribution in [2.45, 2.75) is 42.9 Å². The molecule has 0 radical (unpaired) electrons. The minimum atomic E-state index is -2.57. The number of alkyl halides is 2. The molecule has 0 spiro atoms. The summed E-state index contributed by atoms with van der Waals surface area (Å²) in [5.74, 6) is 0.310. The Morgan fingerprint density at radius 1 is 1.00 bits per heavy atom. The van der Waals surface area contributed by atoms with Crippen molar-refractivity contribution in [3.63, 3.8) is 0 Å². The molecular weight excluding hydrogens is 450 g/mol. The van der Waals surface area contributed by atoms with Gasteiger partial charge in [0.25, 0.3) is 6.43 Å². The predicted octanol–water partition coefficient (Wildman–Crippen LogP) is 1.45. The zero-order chi connectivity index (χ0) is 23.5. The summed E-state index contributed by atoms with van der Waals surface area (Å²) in [6, 6.07) is 11.4. The van der Waals surface area contributed by atoms with Gasteiger partial charge in [0.1, 0.15) is 42.4 Å². The van der Waals surface area contributed by atoms with Crippen LogP contribution < -0.4 is 4.74 Å². The van der Waals surface area contributed by atoms with Crippen molar-refractivity contribution in [1.82, 2.24) is 0 Å². The minimum Gasteiger partial charge on any atom is -0.488 e. The lowest BCUT2D eigenvalue weighted by atomic mass is 9.83. The van der Waals surface area contributed by atoms with Crippen molar-refractivity contribution in [1.29, 1.82) is 0 Å². The highest BCUT2D eigenvalue weighted by atomic mass is 35.5. The molecule has 1 aliphatic heterocycles. The van der Waals surface area contributed by atoms with Gasteiger partial charge >= 0.3 is 0 Å². The highest BCUT2D eigenvalue weighted by Crippen LogP contribution is 2.39. The Morgan fingerprint density at radius 3 is 2.25 bits per heavy atom. The molecule has 32 heavy (non-hydrogen) atoms.